The smallest absolute Gasteiger partial charge is 0.0345 e. The third-order valence-electron chi connectivity index (χ3n) is 3.40. The highest BCUT2D eigenvalue weighted by Gasteiger charge is 2.21. The fourth-order valence-corrected chi connectivity index (χ4v) is 2.37. The lowest BCUT2D eigenvalue weighted by Crippen LogP contribution is -2.20. The van der Waals surface area contributed by atoms with Crippen molar-refractivity contribution >= 4 is 5.69 Å². The lowest BCUT2D eigenvalue weighted by molar-refractivity contribution is 0.688. The summed E-state index contributed by atoms with van der Waals surface area (Å²) in [5.41, 5.74) is 8.55. The molecule has 0 saturated heterocycles. The number of benzene rings is 1. The Morgan fingerprint density at radius 1 is 1.31 bits per heavy atom. The van der Waals surface area contributed by atoms with Gasteiger partial charge in [0.25, 0.3) is 0 Å². The van der Waals surface area contributed by atoms with E-state index in [0.717, 1.165) is 12.8 Å². The molecule has 1 aliphatic rings. The molecule has 0 heterocycles. The van der Waals surface area contributed by atoms with Gasteiger partial charge in [-0.2, -0.15) is 0 Å². The molecule has 1 aliphatic carbocycles. The number of nitrogens with two attached hydrogens (primary N) is 1. The first-order chi connectivity index (χ1) is 7.65. The number of nitrogens with one attached hydrogen (secondary N) is 1. The zero-order valence-electron chi connectivity index (χ0n) is 10.2. The summed E-state index contributed by atoms with van der Waals surface area (Å²) in [7, 11) is 0. The van der Waals surface area contributed by atoms with Crippen molar-refractivity contribution in [3.8, 4) is 0 Å². The molecule has 0 amide bonds. The zero-order chi connectivity index (χ0) is 11.5. The summed E-state index contributed by atoms with van der Waals surface area (Å²) in [6.07, 6.45) is 3.46. The summed E-state index contributed by atoms with van der Waals surface area (Å²) in [5, 5.41) is 3.59. The molecule has 16 heavy (non-hydrogen) atoms. The number of hydrogen-bond donors (Lipinski definition) is 2. The van der Waals surface area contributed by atoms with Crippen LogP contribution in [-0.4, -0.2) is 12.1 Å². The van der Waals surface area contributed by atoms with E-state index in [9.17, 15) is 0 Å². The molecular weight excluding hydrogens is 196 g/mol. The minimum absolute atomic E-state index is 0.394. The number of hydrogen-bond acceptors (Lipinski definition) is 2. The second-order valence-electron chi connectivity index (χ2n) is 5.19. The third-order valence-corrected chi connectivity index (χ3v) is 3.40. The molecule has 0 aromatic heterocycles. The average molecular weight is 218 g/mol. The standard InChI is InChI=1S/C14H22N2/c1-10(2)11-4-3-5-13(8-11)16-14-7-6-12(15)9-14/h3-5,8,10,12,14,16H,6-7,9,15H2,1-2H3. The lowest BCUT2D eigenvalue weighted by atomic mass is 10.0. The Kier molecular flexibility index (Phi) is 3.49. The second kappa shape index (κ2) is 4.88. The van der Waals surface area contributed by atoms with E-state index in [1.54, 1.807) is 0 Å². The summed E-state index contributed by atoms with van der Waals surface area (Å²) in [6.45, 7) is 4.45. The number of rotatable bonds is 3. The summed E-state index contributed by atoms with van der Waals surface area (Å²) < 4.78 is 0. The molecule has 88 valence electrons. The number of anilines is 1. The van der Waals surface area contributed by atoms with Crippen LogP contribution in [0.4, 0.5) is 5.69 Å². The SMILES string of the molecule is CC(C)c1cccc(NC2CCC(N)C2)c1. The van der Waals surface area contributed by atoms with Crippen molar-refractivity contribution in [2.24, 2.45) is 5.73 Å². The summed E-state index contributed by atoms with van der Waals surface area (Å²) >= 11 is 0. The monoisotopic (exact) mass is 218 g/mol. The van der Waals surface area contributed by atoms with Gasteiger partial charge in [0, 0.05) is 17.8 Å². The largest absolute Gasteiger partial charge is 0.382 e. The zero-order valence-corrected chi connectivity index (χ0v) is 10.2. The highest BCUT2D eigenvalue weighted by molar-refractivity contribution is 5.47. The van der Waals surface area contributed by atoms with Crippen LogP contribution < -0.4 is 11.1 Å². The Morgan fingerprint density at radius 2 is 2.12 bits per heavy atom. The molecule has 2 nitrogen and oxygen atoms in total. The van der Waals surface area contributed by atoms with Gasteiger partial charge in [-0.15, -0.1) is 0 Å². The van der Waals surface area contributed by atoms with Crippen LogP contribution in [-0.2, 0) is 0 Å². The molecule has 0 bridgehead atoms. The van der Waals surface area contributed by atoms with Gasteiger partial charge in [-0.05, 0) is 42.9 Å². The highest BCUT2D eigenvalue weighted by Crippen LogP contribution is 2.24. The Bertz CT molecular complexity index is 346. The van der Waals surface area contributed by atoms with Crippen LogP contribution in [0.25, 0.3) is 0 Å². The van der Waals surface area contributed by atoms with Gasteiger partial charge in [-0.3, -0.25) is 0 Å². The van der Waals surface area contributed by atoms with Crippen molar-refractivity contribution in [3.05, 3.63) is 29.8 Å². The molecule has 1 aromatic rings. The third kappa shape index (κ3) is 2.76. The molecular formula is C14H22N2. The van der Waals surface area contributed by atoms with Crippen LogP contribution in [0.1, 0.15) is 44.6 Å². The van der Waals surface area contributed by atoms with Crippen LogP contribution in [0.15, 0.2) is 24.3 Å². The van der Waals surface area contributed by atoms with Gasteiger partial charge >= 0.3 is 0 Å². The van der Waals surface area contributed by atoms with E-state index < -0.39 is 0 Å². The van der Waals surface area contributed by atoms with E-state index in [0.29, 0.717) is 18.0 Å². The van der Waals surface area contributed by atoms with E-state index in [1.807, 2.05) is 0 Å². The molecule has 1 fully saturated rings. The van der Waals surface area contributed by atoms with Crippen LogP contribution in [0.3, 0.4) is 0 Å². The fraction of sp³-hybridized carbons (Fsp3) is 0.571. The van der Waals surface area contributed by atoms with Gasteiger partial charge < -0.3 is 11.1 Å². The first-order valence-corrected chi connectivity index (χ1v) is 6.27. The van der Waals surface area contributed by atoms with Crippen molar-refractivity contribution in [2.45, 2.75) is 51.1 Å². The average Bonchev–Trinajstić information content (AvgIpc) is 2.64. The summed E-state index contributed by atoms with van der Waals surface area (Å²) in [6, 6.07) is 9.69. The quantitative estimate of drug-likeness (QED) is 0.818. The molecule has 2 rings (SSSR count). The maximum atomic E-state index is 5.92. The fourth-order valence-electron chi connectivity index (χ4n) is 2.37. The predicted molar refractivity (Wildman–Crippen MR) is 69.8 cm³/mol. The predicted octanol–water partition coefficient (Wildman–Crippen LogP) is 3.10. The van der Waals surface area contributed by atoms with Gasteiger partial charge in [-0.25, -0.2) is 0 Å². The maximum absolute atomic E-state index is 5.92. The Morgan fingerprint density at radius 3 is 2.75 bits per heavy atom. The molecule has 1 aromatic carbocycles. The molecule has 0 radical (unpaired) electrons. The van der Waals surface area contributed by atoms with Gasteiger partial charge in [-0.1, -0.05) is 26.0 Å². The molecule has 0 aliphatic heterocycles. The van der Waals surface area contributed by atoms with E-state index in [-0.39, 0.29) is 0 Å². The van der Waals surface area contributed by atoms with Crippen LogP contribution in [0, 0.1) is 0 Å². The van der Waals surface area contributed by atoms with Crippen molar-refractivity contribution < 1.29 is 0 Å². The first kappa shape index (κ1) is 11.5. The highest BCUT2D eigenvalue weighted by atomic mass is 14.9. The Labute approximate surface area is 98.2 Å². The second-order valence-corrected chi connectivity index (χ2v) is 5.19. The molecule has 2 heteroatoms. The summed E-state index contributed by atoms with van der Waals surface area (Å²) in [4.78, 5) is 0. The van der Waals surface area contributed by atoms with Gasteiger partial charge in [0.05, 0.1) is 0 Å². The van der Waals surface area contributed by atoms with Gasteiger partial charge in [0.1, 0.15) is 0 Å². The van der Waals surface area contributed by atoms with E-state index in [4.69, 9.17) is 5.73 Å². The van der Waals surface area contributed by atoms with Crippen molar-refractivity contribution in [3.63, 3.8) is 0 Å². The molecule has 2 unspecified atom stereocenters. The first-order valence-electron chi connectivity index (χ1n) is 6.27. The normalized spacial score (nSPS) is 25.0. The Balaban J connectivity index is 2.01. The van der Waals surface area contributed by atoms with Gasteiger partial charge in [0.15, 0.2) is 0 Å². The minimum atomic E-state index is 0.394. The van der Waals surface area contributed by atoms with E-state index in [1.165, 1.54) is 17.7 Å². The Hall–Kier alpha value is -1.02. The van der Waals surface area contributed by atoms with Crippen LogP contribution in [0.5, 0.6) is 0 Å². The van der Waals surface area contributed by atoms with Gasteiger partial charge in [0.2, 0.25) is 0 Å². The van der Waals surface area contributed by atoms with Crippen molar-refractivity contribution in [1.82, 2.24) is 0 Å². The molecule has 2 atom stereocenters. The van der Waals surface area contributed by atoms with Crippen LogP contribution in [0.2, 0.25) is 0 Å². The van der Waals surface area contributed by atoms with E-state index in [2.05, 4.69) is 43.4 Å². The molecule has 3 N–H and O–H groups in total. The van der Waals surface area contributed by atoms with Crippen molar-refractivity contribution in [2.75, 3.05) is 5.32 Å². The van der Waals surface area contributed by atoms with E-state index >= 15 is 0 Å². The molecule has 1 saturated carbocycles. The molecule has 0 spiro atoms. The summed E-state index contributed by atoms with van der Waals surface area (Å²) in [5.74, 6) is 0.590. The maximum Gasteiger partial charge on any atom is 0.0345 e. The lowest BCUT2D eigenvalue weighted by Gasteiger charge is -2.15. The van der Waals surface area contributed by atoms with Crippen molar-refractivity contribution in [1.29, 1.82) is 0 Å². The van der Waals surface area contributed by atoms with Crippen LogP contribution >= 0.6 is 0 Å². The minimum Gasteiger partial charge on any atom is -0.382 e. The topological polar surface area (TPSA) is 38.0 Å².